The molecule has 6 nitrogen and oxygen atoms in total. The third kappa shape index (κ3) is 3.68. The van der Waals surface area contributed by atoms with Crippen LogP contribution in [0.3, 0.4) is 0 Å². The molecule has 0 spiro atoms. The fourth-order valence-corrected chi connectivity index (χ4v) is 2.61. The number of benzene rings is 1. The number of anilines is 5. The van der Waals surface area contributed by atoms with Crippen LogP contribution in [0.1, 0.15) is 18.1 Å². The highest BCUT2D eigenvalue weighted by Crippen LogP contribution is 2.32. The first-order valence-corrected chi connectivity index (χ1v) is 8.23. The molecule has 3 N–H and O–H groups in total. The van der Waals surface area contributed by atoms with E-state index in [4.69, 9.17) is 5.73 Å². The predicted molar refractivity (Wildman–Crippen MR) is 103 cm³/mol. The molecule has 0 amide bonds. The summed E-state index contributed by atoms with van der Waals surface area (Å²) >= 11 is 0. The van der Waals surface area contributed by atoms with E-state index in [0.29, 0.717) is 23.1 Å². The summed E-state index contributed by atoms with van der Waals surface area (Å²) in [6.45, 7) is 6.87. The topological polar surface area (TPSA) is 80.0 Å². The van der Waals surface area contributed by atoms with Gasteiger partial charge in [0.15, 0.2) is 11.6 Å². The zero-order valence-electron chi connectivity index (χ0n) is 14.7. The summed E-state index contributed by atoms with van der Waals surface area (Å²) in [6.07, 6.45) is 3.31. The molecular weight excluding hydrogens is 312 g/mol. The molecule has 0 bridgehead atoms. The van der Waals surface area contributed by atoms with Gasteiger partial charge in [0, 0.05) is 18.4 Å². The first-order chi connectivity index (χ1) is 12.1. The van der Waals surface area contributed by atoms with Crippen LogP contribution >= 0.6 is 0 Å². The van der Waals surface area contributed by atoms with Gasteiger partial charge in [-0.05, 0) is 50.1 Å². The summed E-state index contributed by atoms with van der Waals surface area (Å²) < 4.78 is 0. The number of aromatic nitrogens is 3. The lowest BCUT2D eigenvalue weighted by atomic mass is 10.2. The molecule has 0 aliphatic heterocycles. The maximum Gasteiger partial charge on any atom is 0.161 e. The van der Waals surface area contributed by atoms with Gasteiger partial charge in [-0.25, -0.2) is 15.0 Å². The van der Waals surface area contributed by atoms with Gasteiger partial charge in [0.1, 0.15) is 17.8 Å². The highest BCUT2D eigenvalue weighted by molar-refractivity contribution is 5.81. The van der Waals surface area contributed by atoms with Gasteiger partial charge < -0.3 is 16.0 Å². The second kappa shape index (κ2) is 7.17. The number of nitrogens with one attached hydrogen (secondary N) is 1. The Morgan fingerprint density at radius 1 is 1.04 bits per heavy atom. The SMILES string of the molecule is CCN(c1cccc(C)c1)c1ncnc(Nc2ccc(C)cn2)c1N. The van der Waals surface area contributed by atoms with E-state index in [0.717, 1.165) is 17.8 Å². The second-order valence-electron chi connectivity index (χ2n) is 5.89. The van der Waals surface area contributed by atoms with Crippen LogP contribution in [-0.4, -0.2) is 21.5 Å². The van der Waals surface area contributed by atoms with Crippen molar-refractivity contribution in [2.24, 2.45) is 0 Å². The lowest BCUT2D eigenvalue weighted by molar-refractivity contribution is 0.979. The summed E-state index contributed by atoms with van der Waals surface area (Å²) in [7, 11) is 0. The molecule has 0 saturated carbocycles. The van der Waals surface area contributed by atoms with Crippen LogP contribution in [0.4, 0.5) is 28.8 Å². The number of rotatable bonds is 5. The largest absolute Gasteiger partial charge is 0.393 e. The van der Waals surface area contributed by atoms with Crippen molar-refractivity contribution in [3.05, 3.63) is 60.0 Å². The molecule has 0 aliphatic carbocycles. The average Bonchev–Trinajstić information content (AvgIpc) is 2.61. The zero-order valence-corrected chi connectivity index (χ0v) is 14.7. The monoisotopic (exact) mass is 334 g/mol. The molecule has 25 heavy (non-hydrogen) atoms. The number of nitrogen functional groups attached to an aromatic ring is 1. The molecule has 0 aliphatic rings. The Morgan fingerprint density at radius 2 is 1.88 bits per heavy atom. The Hall–Kier alpha value is -3.15. The smallest absolute Gasteiger partial charge is 0.161 e. The first kappa shape index (κ1) is 16.7. The van der Waals surface area contributed by atoms with E-state index in [1.807, 2.05) is 31.2 Å². The van der Waals surface area contributed by atoms with Gasteiger partial charge in [-0.15, -0.1) is 0 Å². The van der Waals surface area contributed by atoms with Gasteiger partial charge in [-0.2, -0.15) is 0 Å². The van der Waals surface area contributed by atoms with E-state index in [2.05, 4.69) is 51.1 Å². The summed E-state index contributed by atoms with van der Waals surface area (Å²) in [5, 5.41) is 3.17. The Balaban J connectivity index is 1.95. The standard InChI is InChI=1S/C19H22N6/c1-4-25(15-7-5-6-13(2)10-15)19-17(20)18(22-12-23-19)24-16-9-8-14(3)11-21-16/h5-12H,4,20H2,1-3H3,(H,21,22,23,24). The van der Waals surface area contributed by atoms with Crippen molar-refractivity contribution in [2.45, 2.75) is 20.8 Å². The third-order valence-corrected chi connectivity index (χ3v) is 3.91. The number of hydrogen-bond donors (Lipinski definition) is 2. The van der Waals surface area contributed by atoms with Crippen LogP contribution in [0.25, 0.3) is 0 Å². The Morgan fingerprint density at radius 3 is 2.56 bits per heavy atom. The number of pyridine rings is 1. The molecule has 2 heterocycles. The molecule has 3 aromatic rings. The summed E-state index contributed by atoms with van der Waals surface area (Å²) in [5.41, 5.74) is 10.2. The van der Waals surface area contributed by atoms with Crippen molar-refractivity contribution in [3.63, 3.8) is 0 Å². The minimum Gasteiger partial charge on any atom is -0.393 e. The van der Waals surface area contributed by atoms with Gasteiger partial charge in [0.2, 0.25) is 0 Å². The minimum absolute atomic E-state index is 0.494. The Bertz CT molecular complexity index is 860. The van der Waals surface area contributed by atoms with E-state index in [-0.39, 0.29) is 0 Å². The van der Waals surface area contributed by atoms with Crippen molar-refractivity contribution in [1.29, 1.82) is 0 Å². The molecule has 0 atom stereocenters. The Kier molecular flexibility index (Phi) is 4.79. The molecular formula is C19H22N6. The predicted octanol–water partition coefficient (Wildman–Crippen LogP) is 3.97. The highest BCUT2D eigenvalue weighted by Gasteiger charge is 2.16. The van der Waals surface area contributed by atoms with E-state index in [1.165, 1.54) is 11.9 Å². The molecule has 3 rings (SSSR count). The van der Waals surface area contributed by atoms with Crippen LogP contribution in [-0.2, 0) is 0 Å². The van der Waals surface area contributed by atoms with E-state index < -0.39 is 0 Å². The van der Waals surface area contributed by atoms with E-state index in [9.17, 15) is 0 Å². The lowest BCUT2D eigenvalue weighted by Gasteiger charge is -2.24. The van der Waals surface area contributed by atoms with Crippen molar-refractivity contribution < 1.29 is 0 Å². The summed E-state index contributed by atoms with van der Waals surface area (Å²) in [4.78, 5) is 15.1. The number of nitrogens with zero attached hydrogens (tertiary/aromatic N) is 4. The fourth-order valence-electron chi connectivity index (χ4n) is 2.61. The van der Waals surface area contributed by atoms with Gasteiger partial charge in [-0.1, -0.05) is 18.2 Å². The number of nitrogens with two attached hydrogens (primary N) is 1. The maximum absolute atomic E-state index is 6.36. The molecule has 128 valence electrons. The number of aryl methyl sites for hydroxylation is 2. The van der Waals surface area contributed by atoms with Crippen molar-refractivity contribution in [2.75, 3.05) is 22.5 Å². The average molecular weight is 334 g/mol. The van der Waals surface area contributed by atoms with Gasteiger partial charge in [0.25, 0.3) is 0 Å². The fraction of sp³-hybridized carbons (Fsp3) is 0.211. The maximum atomic E-state index is 6.36. The van der Waals surface area contributed by atoms with Crippen molar-refractivity contribution in [3.8, 4) is 0 Å². The van der Waals surface area contributed by atoms with Crippen molar-refractivity contribution >= 4 is 28.8 Å². The first-order valence-electron chi connectivity index (χ1n) is 8.23. The highest BCUT2D eigenvalue weighted by atomic mass is 15.2. The molecule has 1 aromatic carbocycles. The van der Waals surface area contributed by atoms with Crippen molar-refractivity contribution in [1.82, 2.24) is 15.0 Å². The van der Waals surface area contributed by atoms with Crippen LogP contribution in [0, 0.1) is 13.8 Å². The van der Waals surface area contributed by atoms with Gasteiger partial charge in [-0.3, -0.25) is 0 Å². The van der Waals surface area contributed by atoms with E-state index in [1.54, 1.807) is 6.20 Å². The van der Waals surface area contributed by atoms with Gasteiger partial charge in [0.05, 0.1) is 0 Å². The van der Waals surface area contributed by atoms with Gasteiger partial charge >= 0.3 is 0 Å². The second-order valence-corrected chi connectivity index (χ2v) is 5.89. The lowest BCUT2D eigenvalue weighted by Crippen LogP contribution is -2.20. The van der Waals surface area contributed by atoms with E-state index >= 15 is 0 Å². The third-order valence-electron chi connectivity index (χ3n) is 3.91. The minimum atomic E-state index is 0.494. The summed E-state index contributed by atoms with van der Waals surface area (Å²) in [6, 6.07) is 12.1. The summed E-state index contributed by atoms with van der Waals surface area (Å²) in [5.74, 6) is 1.92. The van der Waals surface area contributed by atoms with Crippen LogP contribution < -0.4 is 16.0 Å². The zero-order chi connectivity index (χ0) is 17.8. The van der Waals surface area contributed by atoms with Crippen LogP contribution in [0.5, 0.6) is 0 Å². The normalized spacial score (nSPS) is 10.5. The Labute approximate surface area is 147 Å². The van der Waals surface area contributed by atoms with Crippen LogP contribution in [0.2, 0.25) is 0 Å². The molecule has 6 heteroatoms. The molecule has 2 aromatic heterocycles. The molecule has 0 radical (unpaired) electrons. The quantitative estimate of drug-likeness (QED) is 0.735. The number of hydrogen-bond acceptors (Lipinski definition) is 6. The molecule has 0 unspecified atom stereocenters. The van der Waals surface area contributed by atoms with Crippen LogP contribution in [0.15, 0.2) is 48.9 Å². The molecule has 0 saturated heterocycles. The molecule has 0 fully saturated rings.